The van der Waals surface area contributed by atoms with Gasteiger partial charge in [-0.3, -0.25) is 4.99 Å². The van der Waals surface area contributed by atoms with Crippen LogP contribution < -0.4 is 0 Å². The molecule has 0 radical (unpaired) electrons. The van der Waals surface area contributed by atoms with Gasteiger partial charge in [0.15, 0.2) is 0 Å². The molecule has 45 heavy (non-hydrogen) atoms. The van der Waals surface area contributed by atoms with Crippen molar-refractivity contribution < 1.29 is 4.42 Å². The van der Waals surface area contributed by atoms with Gasteiger partial charge < -0.3 is 14.7 Å². The van der Waals surface area contributed by atoms with Crippen LogP contribution in [0.4, 0.5) is 0 Å². The van der Waals surface area contributed by atoms with Crippen molar-refractivity contribution in [2.75, 3.05) is 0 Å². The highest BCUT2D eigenvalue weighted by atomic mass is 16.3. The second kappa shape index (κ2) is 10.3. The average Bonchev–Trinajstić information content (AvgIpc) is 3.50. The zero-order valence-corrected chi connectivity index (χ0v) is 24.3. The topological polar surface area (TPSA) is 52.0 Å². The molecule has 0 saturated carbocycles. The van der Waals surface area contributed by atoms with E-state index in [1.807, 2.05) is 30.3 Å². The molecule has 0 fully saturated rings. The van der Waals surface area contributed by atoms with Crippen molar-refractivity contribution in [2.45, 2.75) is 6.17 Å². The molecule has 1 unspecified atom stereocenters. The zero-order chi connectivity index (χ0) is 29.7. The summed E-state index contributed by atoms with van der Waals surface area (Å²) in [4.78, 5) is 10.3. The van der Waals surface area contributed by atoms with Gasteiger partial charge in [-0.1, -0.05) is 133 Å². The Morgan fingerprint density at radius 3 is 1.98 bits per heavy atom. The molecule has 0 N–H and O–H groups in total. The van der Waals surface area contributed by atoms with E-state index in [1.54, 1.807) is 0 Å². The molecule has 8 aromatic rings. The number of rotatable bonds is 4. The van der Waals surface area contributed by atoms with E-state index in [0.717, 1.165) is 49.6 Å². The Balaban J connectivity index is 1.17. The molecular weight excluding hydrogens is 550 g/mol. The molecule has 0 aliphatic carbocycles. The summed E-state index contributed by atoms with van der Waals surface area (Å²) in [6, 6.07) is 52.6. The number of benzene rings is 7. The standard InChI is InChI=1S/C41H26N3O/c1-3-10-30-24-32(22-18-26(30)8-1)28-16-20-29(21-17-28)39-42-40(33-23-19-27-9-2-4-11-31(27)25-33)44-41(43-39)35-13-7-15-37-38(35)34-12-5-6-14-36(34)45-37/h1-25,40H/q-1. The third-order valence-corrected chi connectivity index (χ3v) is 8.64. The molecule has 1 aromatic heterocycles. The molecule has 1 aliphatic rings. The molecule has 1 aliphatic heterocycles. The van der Waals surface area contributed by atoms with Crippen LogP contribution in [0.25, 0.3) is 59.9 Å². The van der Waals surface area contributed by atoms with Crippen molar-refractivity contribution in [3.63, 3.8) is 0 Å². The maximum atomic E-state index is 6.21. The van der Waals surface area contributed by atoms with Gasteiger partial charge in [-0.25, -0.2) is 0 Å². The lowest BCUT2D eigenvalue weighted by molar-refractivity contribution is 0.669. The second-order valence-corrected chi connectivity index (χ2v) is 11.4. The lowest BCUT2D eigenvalue weighted by Gasteiger charge is -2.32. The predicted molar refractivity (Wildman–Crippen MR) is 186 cm³/mol. The molecular formula is C41H26N3O-. The molecule has 4 heteroatoms. The van der Waals surface area contributed by atoms with E-state index in [2.05, 4.69) is 121 Å². The molecule has 0 bridgehead atoms. The number of furan rings is 1. The predicted octanol–water partition coefficient (Wildman–Crippen LogP) is 10.8. The van der Waals surface area contributed by atoms with Crippen molar-refractivity contribution in [2.24, 2.45) is 9.98 Å². The minimum absolute atomic E-state index is 0.439. The van der Waals surface area contributed by atoms with Crippen LogP contribution in [-0.4, -0.2) is 11.7 Å². The van der Waals surface area contributed by atoms with Crippen molar-refractivity contribution in [3.05, 3.63) is 174 Å². The Labute approximate surface area is 260 Å². The Bertz CT molecular complexity index is 2470. The largest absolute Gasteiger partial charge is 0.456 e. The van der Waals surface area contributed by atoms with E-state index in [0.29, 0.717) is 11.7 Å². The third-order valence-electron chi connectivity index (χ3n) is 8.64. The normalized spacial score (nSPS) is 14.9. The summed E-state index contributed by atoms with van der Waals surface area (Å²) in [6.07, 6.45) is -0.439. The fourth-order valence-corrected chi connectivity index (χ4v) is 6.35. The van der Waals surface area contributed by atoms with E-state index >= 15 is 0 Å². The molecule has 1 atom stereocenters. The molecule has 9 rings (SSSR count). The van der Waals surface area contributed by atoms with Gasteiger partial charge in [0.25, 0.3) is 0 Å². The Kier molecular flexibility index (Phi) is 5.85. The van der Waals surface area contributed by atoms with Gasteiger partial charge in [0.05, 0.1) is 12.0 Å². The number of fused-ring (bicyclic) bond motifs is 5. The molecule has 7 aromatic carbocycles. The zero-order valence-electron chi connectivity index (χ0n) is 24.3. The van der Waals surface area contributed by atoms with Crippen LogP contribution in [-0.2, 0) is 0 Å². The van der Waals surface area contributed by atoms with Gasteiger partial charge in [0.1, 0.15) is 11.2 Å². The summed E-state index contributed by atoms with van der Waals surface area (Å²) in [6.45, 7) is 0. The monoisotopic (exact) mass is 576 g/mol. The number of nitrogens with zero attached hydrogens (tertiary/aromatic N) is 3. The molecule has 212 valence electrons. The van der Waals surface area contributed by atoms with Crippen LogP contribution in [0, 0.1) is 0 Å². The van der Waals surface area contributed by atoms with Gasteiger partial charge in [0, 0.05) is 16.3 Å². The first kappa shape index (κ1) is 25.5. The Morgan fingerprint density at radius 1 is 0.511 bits per heavy atom. The van der Waals surface area contributed by atoms with Crippen LogP contribution in [0.1, 0.15) is 22.9 Å². The van der Waals surface area contributed by atoms with E-state index in [4.69, 9.17) is 19.7 Å². The highest BCUT2D eigenvalue weighted by Gasteiger charge is 2.18. The molecule has 0 spiro atoms. The van der Waals surface area contributed by atoms with E-state index in [1.165, 1.54) is 21.7 Å². The average molecular weight is 577 g/mol. The number of amidine groups is 2. The quantitative estimate of drug-likeness (QED) is 0.206. The second-order valence-electron chi connectivity index (χ2n) is 11.4. The van der Waals surface area contributed by atoms with Crippen LogP contribution in [0.15, 0.2) is 166 Å². The van der Waals surface area contributed by atoms with Crippen LogP contribution in [0.2, 0.25) is 0 Å². The molecule has 4 nitrogen and oxygen atoms in total. The first-order valence-electron chi connectivity index (χ1n) is 15.1. The van der Waals surface area contributed by atoms with Gasteiger partial charge >= 0.3 is 0 Å². The highest BCUT2D eigenvalue weighted by Crippen LogP contribution is 2.37. The summed E-state index contributed by atoms with van der Waals surface area (Å²) in [5, 5.41) is 12.0. The fourth-order valence-electron chi connectivity index (χ4n) is 6.35. The summed E-state index contributed by atoms with van der Waals surface area (Å²) < 4.78 is 6.21. The van der Waals surface area contributed by atoms with Crippen molar-refractivity contribution >= 4 is 55.2 Å². The van der Waals surface area contributed by atoms with Crippen molar-refractivity contribution in [3.8, 4) is 11.1 Å². The van der Waals surface area contributed by atoms with Crippen LogP contribution >= 0.6 is 0 Å². The number of aliphatic imine (C=N–C) groups is 2. The number of para-hydroxylation sites is 1. The Morgan fingerprint density at radius 2 is 1.16 bits per heavy atom. The number of hydrogen-bond acceptors (Lipinski definition) is 3. The third kappa shape index (κ3) is 4.47. The summed E-state index contributed by atoms with van der Waals surface area (Å²) in [7, 11) is 0. The minimum atomic E-state index is -0.439. The fraction of sp³-hybridized carbons (Fsp3) is 0.0244. The first-order chi connectivity index (χ1) is 22.3. The molecule has 2 heterocycles. The summed E-state index contributed by atoms with van der Waals surface area (Å²) in [5.74, 6) is 1.31. The summed E-state index contributed by atoms with van der Waals surface area (Å²) in [5.41, 5.74) is 6.90. The van der Waals surface area contributed by atoms with Crippen LogP contribution in [0.3, 0.4) is 0 Å². The van der Waals surface area contributed by atoms with Crippen molar-refractivity contribution in [1.29, 1.82) is 0 Å². The molecule has 0 amide bonds. The van der Waals surface area contributed by atoms with Gasteiger partial charge in [-0.05, 0) is 68.1 Å². The lowest BCUT2D eigenvalue weighted by atomic mass is 9.99. The van der Waals surface area contributed by atoms with E-state index in [9.17, 15) is 0 Å². The van der Waals surface area contributed by atoms with Crippen molar-refractivity contribution in [1.82, 2.24) is 0 Å². The SMILES string of the molecule is c1ccc2cc(-c3ccc(C4=NC(c5cccc6oc7ccccc7c56)=NC(c5ccc6ccccc6c5)[N-]4)cc3)ccc2c1. The smallest absolute Gasteiger partial charge is 0.136 e. The van der Waals surface area contributed by atoms with Gasteiger partial charge in [0.2, 0.25) is 0 Å². The Hall–Kier alpha value is -6.00. The van der Waals surface area contributed by atoms with E-state index < -0.39 is 6.17 Å². The van der Waals surface area contributed by atoms with Crippen LogP contribution in [0.5, 0.6) is 0 Å². The van der Waals surface area contributed by atoms with Gasteiger partial charge in [-0.15, -0.1) is 0 Å². The first-order valence-corrected chi connectivity index (χ1v) is 15.1. The minimum Gasteiger partial charge on any atom is -0.456 e. The number of hydrogen-bond donors (Lipinski definition) is 0. The lowest BCUT2D eigenvalue weighted by Crippen LogP contribution is -2.16. The maximum absolute atomic E-state index is 6.21. The summed E-state index contributed by atoms with van der Waals surface area (Å²) >= 11 is 0. The molecule has 0 saturated heterocycles. The van der Waals surface area contributed by atoms with Gasteiger partial charge in [-0.2, -0.15) is 0 Å². The van der Waals surface area contributed by atoms with E-state index in [-0.39, 0.29) is 0 Å². The maximum Gasteiger partial charge on any atom is 0.136 e. The highest BCUT2D eigenvalue weighted by molar-refractivity contribution is 6.24.